The van der Waals surface area contributed by atoms with Crippen LogP contribution in [0.2, 0.25) is 0 Å². The average molecular weight is 270 g/mol. The van der Waals surface area contributed by atoms with Crippen molar-refractivity contribution in [2.45, 2.75) is 26.7 Å². The Morgan fingerprint density at radius 3 is 2.83 bits per heavy atom. The number of benzene rings is 1. The molecule has 0 saturated carbocycles. The summed E-state index contributed by atoms with van der Waals surface area (Å²) in [5.41, 5.74) is 2.33. The highest BCUT2D eigenvalue weighted by atomic mass is 35.5. The molecule has 0 unspecified atom stereocenters. The van der Waals surface area contributed by atoms with Gasteiger partial charge in [-0.3, -0.25) is 4.79 Å². The lowest BCUT2D eigenvalue weighted by atomic mass is 10.1. The molecule has 0 aliphatic rings. The summed E-state index contributed by atoms with van der Waals surface area (Å²) >= 11 is 5.51. The van der Waals surface area contributed by atoms with Gasteiger partial charge in [-0.2, -0.15) is 0 Å². The van der Waals surface area contributed by atoms with Crippen LogP contribution in [0.3, 0.4) is 0 Å². The van der Waals surface area contributed by atoms with E-state index in [1.165, 1.54) is 5.56 Å². The van der Waals surface area contributed by atoms with Crippen molar-refractivity contribution < 1.29 is 9.53 Å². The minimum Gasteiger partial charge on any atom is -0.491 e. The fourth-order valence-electron chi connectivity index (χ4n) is 1.63. The molecule has 0 atom stereocenters. The van der Waals surface area contributed by atoms with Crippen molar-refractivity contribution in [3.8, 4) is 5.75 Å². The van der Waals surface area contributed by atoms with E-state index in [2.05, 4.69) is 11.4 Å². The van der Waals surface area contributed by atoms with Gasteiger partial charge < -0.3 is 10.1 Å². The Hall–Kier alpha value is -1.22. The standard InChI is InChI=1S/C14H20ClNO2/c1-11-5-6-13(12(2)10-11)18-9-8-16-14(17)4-3-7-15/h5-6,10H,3-4,7-9H2,1-2H3,(H,16,17). The molecule has 0 fully saturated rings. The molecule has 3 nitrogen and oxygen atoms in total. The van der Waals surface area contributed by atoms with Gasteiger partial charge in [-0.05, 0) is 31.9 Å². The highest BCUT2D eigenvalue weighted by Gasteiger charge is 2.01. The summed E-state index contributed by atoms with van der Waals surface area (Å²) in [6.07, 6.45) is 1.19. The number of carbonyl (C=O) groups is 1. The van der Waals surface area contributed by atoms with Crippen LogP contribution in [0.5, 0.6) is 5.75 Å². The van der Waals surface area contributed by atoms with Crippen molar-refractivity contribution in [3.63, 3.8) is 0 Å². The lowest BCUT2D eigenvalue weighted by Gasteiger charge is -2.10. The van der Waals surface area contributed by atoms with E-state index in [0.717, 1.165) is 11.3 Å². The van der Waals surface area contributed by atoms with Crippen LogP contribution in [0.1, 0.15) is 24.0 Å². The van der Waals surface area contributed by atoms with Crippen LogP contribution < -0.4 is 10.1 Å². The number of ether oxygens (including phenoxy) is 1. The molecule has 18 heavy (non-hydrogen) atoms. The molecule has 1 rings (SSSR count). The zero-order chi connectivity index (χ0) is 13.4. The summed E-state index contributed by atoms with van der Waals surface area (Å²) < 4.78 is 5.61. The van der Waals surface area contributed by atoms with E-state index in [1.54, 1.807) is 0 Å². The van der Waals surface area contributed by atoms with Gasteiger partial charge in [0.2, 0.25) is 5.91 Å². The molecule has 100 valence electrons. The summed E-state index contributed by atoms with van der Waals surface area (Å²) in [6, 6.07) is 6.05. The van der Waals surface area contributed by atoms with E-state index < -0.39 is 0 Å². The number of carbonyl (C=O) groups excluding carboxylic acids is 1. The number of hydrogen-bond donors (Lipinski definition) is 1. The number of hydrogen-bond acceptors (Lipinski definition) is 2. The van der Waals surface area contributed by atoms with Crippen LogP contribution in [0.25, 0.3) is 0 Å². The highest BCUT2D eigenvalue weighted by Crippen LogP contribution is 2.18. The molecule has 0 bridgehead atoms. The molecule has 0 aliphatic heterocycles. The Morgan fingerprint density at radius 1 is 1.39 bits per heavy atom. The van der Waals surface area contributed by atoms with Gasteiger partial charge in [-0.25, -0.2) is 0 Å². The molecule has 1 N–H and O–H groups in total. The topological polar surface area (TPSA) is 38.3 Å². The Kier molecular flexibility index (Phi) is 6.58. The van der Waals surface area contributed by atoms with Crippen LogP contribution in [0, 0.1) is 13.8 Å². The van der Waals surface area contributed by atoms with Crippen molar-refractivity contribution >= 4 is 17.5 Å². The molecule has 0 saturated heterocycles. The maximum atomic E-state index is 11.3. The number of nitrogens with one attached hydrogen (secondary N) is 1. The molecule has 4 heteroatoms. The smallest absolute Gasteiger partial charge is 0.220 e. The average Bonchev–Trinajstić information content (AvgIpc) is 2.34. The van der Waals surface area contributed by atoms with Gasteiger partial charge in [-0.15, -0.1) is 11.6 Å². The third-order valence-corrected chi connectivity index (χ3v) is 2.82. The minimum atomic E-state index is 0.0277. The van der Waals surface area contributed by atoms with E-state index in [0.29, 0.717) is 31.9 Å². The van der Waals surface area contributed by atoms with Gasteiger partial charge in [0.1, 0.15) is 12.4 Å². The van der Waals surface area contributed by atoms with Gasteiger partial charge in [0, 0.05) is 12.3 Å². The second-order valence-electron chi connectivity index (χ2n) is 4.26. The maximum Gasteiger partial charge on any atom is 0.220 e. The molecule has 1 aromatic rings. The lowest BCUT2D eigenvalue weighted by Crippen LogP contribution is -2.27. The van der Waals surface area contributed by atoms with E-state index in [9.17, 15) is 4.79 Å². The zero-order valence-electron chi connectivity index (χ0n) is 11.0. The second kappa shape index (κ2) is 7.98. The van der Waals surface area contributed by atoms with Gasteiger partial charge in [0.25, 0.3) is 0 Å². The van der Waals surface area contributed by atoms with Crippen molar-refractivity contribution in [1.82, 2.24) is 5.32 Å². The molecule has 0 heterocycles. The first kappa shape index (κ1) is 14.8. The van der Waals surface area contributed by atoms with Crippen molar-refractivity contribution in [3.05, 3.63) is 29.3 Å². The summed E-state index contributed by atoms with van der Waals surface area (Å²) in [4.78, 5) is 11.3. The number of aryl methyl sites for hydroxylation is 2. The van der Waals surface area contributed by atoms with Crippen LogP contribution in [-0.2, 0) is 4.79 Å². The minimum absolute atomic E-state index is 0.0277. The predicted molar refractivity (Wildman–Crippen MR) is 74.4 cm³/mol. The van der Waals surface area contributed by atoms with Crippen LogP contribution in [0.15, 0.2) is 18.2 Å². The normalized spacial score (nSPS) is 10.2. The molecule has 1 amide bonds. The number of amides is 1. The third kappa shape index (κ3) is 5.41. The van der Waals surface area contributed by atoms with Crippen LogP contribution in [0.4, 0.5) is 0 Å². The zero-order valence-corrected chi connectivity index (χ0v) is 11.7. The monoisotopic (exact) mass is 269 g/mol. The summed E-state index contributed by atoms with van der Waals surface area (Å²) in [7, 11) is 0. The SMILES string of the molecule is Cc1ccc(OCCNC(=O)CCCCl)c(C)c1. The first-order valence-electron chi connectivity index (χ1n) is 6.16. The maximum absolute atomic E-state index is 11.3. The first-order valence-corrected chi connectivity index (χ1v) is 6.69. The number of rotatable bonds is 7. The summed E-state index contributed by atoms with van der Waals surface area (Å²) in [5, 5.41) is 2.80. The van der Waals surface area contributed by atoms with Gasteiger partial charge >= 0.3 is 0 Å². The summed E-state index contributed by atoms with van der Waals surface area (Å²) in [6.45, 7) is 5.07. The molecule has 1 aromatic carbocycles. The van der Waals surface area contributed by atoms with E-state index in [4.69, 9.17) is 16.3 Å². The van der Waals surface area contributed by atoms with Crippen LogP contribution in [-0.4, -0.2) is 24.9 Å². The second-order valence-corrected chi connectivity index (χ2v) is 4.64. The van der Waals surface area contributed by atoms with Gasteiger partial charge in [-0.1, -0.05) is 17.7 Å². The molecule has 0 spiro atoms. The molecular weight excluding hydrogens is 250 g/mol. The van der Waals surface area contributed by atoms with Crippen LogP contribution >= 0.6 is 11.6 Å². The number of halogens is 1. The van der Waals surface area contributed by atoms with E-state index in [1.807, 2.05) is 26.0 Å². The van der Waals surface area contributed by atoms with Gasteiger partial charge in [0.05, 0.1) is 6.54 Å². The lowest BCUT2D eigenvalue weighted by molar-refractivity contribution is -0.121. The highest BCUT2D eigenvalue weighted by molar-refractivity contribution is 6.17. The third-order valence-electron chi connectivity index (χ3n) is 2.55. The first-order chi connectivity index (χ1) is 8.63. The Morgan fingerprint density at radius 2 is 2.17 bits per heavy atom. The Labute approximate surface area is 113 Å². The van der Waals surface area contributed by atoms with Crippen molar-refractivity contribution in [2.24, 2.45) is 0 Å². The molecular formula is C14H20ClNO2. The van der Waals surface area contributed by atoms with Crippen molar-refractivity contribution in [1.29, 1.82) is 0 Å². The Bertz CT molecular complexity index is 393. The summed E-state index contributed by atoms with van der Waals surface area (Å²) in [5.74, 6) is 1.42. The largest absolute Gasteiger partial charge is 0.491 e. The fourth-order valence-corrected chi connectivity index (χ4v) is 1.76. The number of alkyl halides is 1. The molecule has 0 aromatic heterocycles. The Balaban J connectivity index is 2.23. The fraction of sp³-hybridized carbons (Fsp3) is 0.500. The predicted octanol–water partition coefficient (Wildman–Crippen LogP) is 2.82. The quantitative estimate of drug-likeness (QED) is 0.611. The van der Waals surface area contributed by atoms with E-state index >= 15 is 0 Å². The molecule has 0 radical (unpaired) electrons. The molecule has 0 aliphatic carbocycles. The van der Waals surface area contributed by atoms with E-state index in [-0.39, 0.29) is 5.91 Å². The van der Waals surface area contributed by atoms with Gasteiger partial charge in [0.15, 0.2) is 0 Å². The van der Waals surface area contributed by atoms with Crippen molar-refractivity contribution in [2.75, 3.05) is 19.0 Å².